The zero-order valence-electron chi connectivity index (χ0n) is 14.0. The van der Waals surface area contributed by atoms with E-state index in [0.717, 1.165) is 5.56 Å². The maximum Gasteiger partial charge on any atom is 0.313 e. The Bertz CT molecular complexity index is 848. The Balaban J connectivity index is 1.51. The maximum absolute atomic E-state index is 11.9. The van der Waals surface area contributed by atoms with Gasteiger partial charge in [-0.15, -0.1) is 0 Å². The molecule has 8 heteroatoms. The van der Waals surface area contributed by atoms with Crippen LogP contribution in [0.25, 0.3) is 0 Å². The lowest BCUT2D eigenvalue weighted by Crippen LogP contribution is -2.34. The van der Waals surface area contributed by atoms with Crippen molar-refractivity contribution in [2.75, 3.05) is 17.4 Å². The van der Waals surface area contributed by atoms with Gasteiger partial charge in [0.1, 0.15) is 0 Å². The Morgan fingerprint density at radius 1 is 0.885 bits per heavy atom. The van der Waals surface area contributed by atoms with Gasteiger partial charge in [-0.2, -0.15) is 0 Å². The number of fused-ring (bicyclic) bond motifs is 1. The van der Waals surface area contributed by atoms with E-state index in [0.29, 0.717) is 22.9 Å². The van der Waals surface area contributed by atoms with E-state index in [1.807, 2.05) is 0 Å². The molecule has 0 aliphatic carbocycles. The fourth-order valence-corrected chi connectivity index (χ4v) is 2.34. The van der Waals surface area contributed by atoms with Crippen LogP contribution in [-0.4, -0.2) is 24.5 Å². The van der Waals surface area contributed by atoms with E-state index in [4.69, 9.17) is 9.47 Å². The van der Waals surface area contributed by atoms with Crippen LogP contribution in [0.3, 0.4) is 0 Å². The number of ether oxygens (including phenoxy) is 2. The van der Waals surface area contributed by atoms with Crippen molar-refractivity contribution in [3.63, 3.8) is 0 Å². The summed E-state index contributed by atoms with van der Waals surface area (Å²) in [5, 5.41) is 7.65. The monoisotopic (exact) mass is 355 g/mol. The zero-order chi connectivity index (χ0) is 18.5. The van der Waals surface area contributed by atoms with Crippen LogP contribution in [0, 0.1) is 0 Å². The average molecular weight is 355 g/mol. The summed E-state index contributed by atoms with van der Waals surface area (Å²) in [5.41, 5.74) is 1.83. The Hall–Kier alpha value is -3.55. The van der Waals surface area contributed by atoms with Crippen molar-refractivity contribution in [3.8, 4) is 11.5 Å². The second kappa shape index (κ2) is 7.56. The fraction of sp³-hybridized carbons (Fsp3) is 0.167. The second-order valence-electron chi connectivity index (χ2n) is 5.58. The van der Waals surface area contributed by atoms with Crippen molar-refractivity contribution in [1.29, 1.82) is 0 Å². The summed E-state index contributed by atoms with van der Waals surface area (Å²) in [5.74, 6) is -0.461. The van der Waals surface area contributed by atoms with Gasteiger partial charge in [-0.05, 0) is 42.0 Å². The van der Waals surface area contributed by atoms with Crippen LogP contribution in [0.4, 0.5) is 11.4 Å². The molecule has 0 radical (unpaired) electrons. The van der Waals surface area contributed by atoms with E-state index in [1.165, 1.54) is 6.92 Å². The molecule has 2 aromatic carbocycles. The molecule has 3 rings (SSSR count). The highest BCUT2D eigenvalue weighted by Gasteiger charge is 2.16. The molecular formula is C18H17N3O5. The third-order valence-corrected chi connectivity index (χ3v) is 3.56. The standard InChI is InChI=1S/C18H17N3O5/c1-11(22)20-13-3-5-14(6-4-13)21-18(24)17(23)19-9-12-2-7-15-16(8-12)26-10-25-15/h2-8H,9-10H2,1H3,(H,19,23)(H,20,22)(H,21,24). The van der Waals surface area contributed by atoms with Gasteiger partial charge in [0, 0.05) is 24.8 Å². The Labute approximate surface area is 149 Å². The van der Waals surface area contributed by atoms with Crippen molar-refractivity contribution in [2.24, 2.45) is 0 Å². The first-order chi connectivity index (χ1) is 12.5. The molecule has 0 saturated heterocycles. The molecule has 3 amide bonds. The highest BCUT2D eigenvalue weighted by atomic mass is 16.7. The largest absolute Gasteiger partial charge is 0.454 e. The normalized spacial score (nSPS) is 11.6. The maximum atomic E-state index is 11.9. The third-order valence-electron chi connectivity index (χ3n) is 3.56. The molecule has 0 bridgehead atoms. The van der Waals surface area contributed by atoms with Crippen molar-refractivity contribution in [1.82, 2.24) is 5.32 Å². The average Bonchev–Trinajstić information content (AvgIpc) is 3.08. The minimum atomic E-state index is -0.780. The van der Waals surface area contributed by atoms with E-state index in [9.17, 15) is 14.4 Å². The Kier molecular flexibility index (Phi) is 5.02. The van der Waals surface area contributed by atoms with Crippen LogP contribution >= 0.6 is 0 Å². The molecular weight excluding hydrogens is 338 g/mol. The molecule has 1 aliphatic heterocycles. The van der Waals surface area contributed by atoms with Crippen molar-refractivity contribution >= 4 is 29.1 Å². The van der Waals surface area contributed by atoms with Crippen molar-refractivity contribution < 1.29 is 23.9 Å². The van der Waals surface area contributed by atoms with Gasteiger partial charge in [0.25, 0.3) is 0 Å². The SMILES string of the molecule is CC(=O)Nc1ccc(NC(=O)C(=O)NCc2ccc3c(c2)OCO3)cc1. The lowest BCUT2D eigenvalue weighted by atomic mass is 10.2. The molecule has 0 fully saturated rings. The van der Waals surface area contributed by atoms with E-state index in [1.54, 1.807) is 42.5 Å². The summed E-state index contributed by atoms with van der Waals surface area (Å²) in [6, 6.07) is 11.7. The van der Waals surface area contributed by atoms with E-state index in [-0.39, 0.29) is 19.2 Å². The van der Waals surface area contributed by atoms with Crippen LogP contribution < -0.4 is 25.4 Å². The van der Waals surface area contributed by atoms with Crippen LogP contribution in [0.1, 0.15) is 12.5 Å². The molecule has 26 heavy (non-hydrogen) atoms. The third kappa shape index (κ3) is 4.29. The second-order valence-corrected chi connectivity index (χ2v) is 5.58. The molecule has 2 aromatic rings. The van der Waals surface area contributed by atoms with Gasteiger partial charge >= 0.3 is 11.8 Å². The number of carbonyl (C=O) groups excluding carboxylic acids is 3. The highest BCUT2D eigenvalue weighted by Crippen LogP contribution is 2.32. The first-order valence-electron chi connectivity index (χ1n) is 7.86. The molecule has 0 saturated carbocycles. The number of carbonyl (C=O) groups is 3. The van der Waals surface area contributed by atoms with Gasteiger partial charge in [0.05, 0.1) is 0 Å². The molecule has 1 heterocycles. The zero-order valence-corrected chi connectivity index (χ0v) is 14.0. The summed E-state index contributed by atoms with van der Waals surface area (Å²) in [7, 11) is 0. The number of benzene rings is 2. The van der Waals surface area contributed by atoms with Crippen molar-refractivity contribution in [3.05, 3.63) is 48.0 Å². The fourth-order valence-electron chi connectivity index (χ4n) is 2.34. The summed E-state index contributed by atoms with van der Waals surface area (Å²) in [4.78, 5) is 34.8. The molecule has 0 unspecified atom stereocenters. The summed E-state index contributed by atoms with van der Waals surface area (Å²) >= 11 is 0. The first kappa shape index (κ1) is 17.3. The lowest BCUT2D eigenvalue weighted by Gasteiger charge is -2.08. The lowest BCUT2D eigenvalue weighted by molar-refractivity contribution is -0.136. The number of rotatable bonds is 4. The molecule has 0 atom stereocenters. The molecule has 0 aromatic heterocycles. The Morgan fingerprint density at radius 2 is 1.54 bits per heavy atom. The van der Waals surface area contributed by atoms with E-state index >= 15 is 0 Å². The predicted molar refractivity (Wildman–Crippen MR) is 93.8 cm³/mol. The van der Waals surface area contributed by atoms with Gasteiger partial charge in [-0.1, -0.05) is 6.07 Å². The van der Waals surface area contributed by atoms with E-state index < -0.39 is 11.8 Å². The van der Waals surface area contributed by atoms with Crippen LogP contribution in [-0.2, 0) is 20.9 Å². The van der Waals surface area contributed by atoms with E-state index in [2.05, 4.69) is 16.0 Å². The smallest absolute Gasteiger partial charge is 0.313 e. The van der Waals surface area contributed by atoms with Gasteiger partial charge in [0.15, 0.2) is 11.5 Å². The molecule has 0 spiro atoms. The number of nitrogens with one attached hydrogen (secondary N) is 3. The number of anilines is 2. The minimum absolute atomic E-state index is 0.175. The van der Waals surface area contributed by atoms with Crippen LogP contribution in [0.2, 0.25) is 0 Å². The molecule has 134 valence electrons. The predicted octanol–water partition coefficient (Wildman–Crippen LogP) is 1.63. The number of hydrogen-bond donors (Lipinski definition) is 3. The van der Waals surface area contributed by atoms with Gasteiger partial charge < -0.3 is 25.4 Å². The Morgan fingerprint density at radius 3 is 2.23 bits per heavy atom. The quantitative estimate of drug-likeness (QED) is 0.723. The number of amides is 3. The number of hydrogen-bond acceptors (Lipinski definition) is 5. The first-order valence-corrected chi connectivity index (χ1v) is 7.86. The van der Waals surface area contributed by atoms with Gasteiger partial charge in [0.2, 0.25) is 12.7 Å². The molecule has 8 nitrogen and oxygen atoms in total. The molecule has 3 N–H and O–H groups in total. The van der Waals surface area contributed by atoms with Crippen molar-refractivity contribution in [2.45, 2.75) is 13.5 Å². The van der Waals surface area contributed by atoms with Gasteiger partial charge in [-0.3, -0.25) is 14.4 Å². The van der Waals surface area contributed by atoms with Gasteiger partial charge in [-0.25, -0.2) is 0 Å². The van der Waals surface area contributed by atoms with Crippen LogP contribution in [0.15, 0.2) is 42.5 Å². The summed E-state index contributed by atoms with van der Waals surface area (Å²) in [6.45, 7) is 1.76. The summed E-state index contributed by atoms with van der Waals surface area (Å²) in [6.07, 6.45) is 0. The molecule has 1 aliphatic rings. The summed E-state index contributed by atoms with van der Waals surface area (Å²) < 4.78 is 10.5. The topological polar surface area (TPSA) is 106 Å². The van der Waals surface area contributed by atoms with Crippen LogP contribution in [0.5, 0.6) is 11.5 Å². The minimum Gasteiger partial charge on any atom is -0.454 e. The highest BCUT2D eigenvalue weighted by molar-refractivity contribution is 6.39.